The number of esters is 1. The molecular formula is C41H74NO7P. The molecule has 8 nitrogen and oxygen atoms in total. The fraction of sp³-hybridized carbons (Fsp3) is 0.732. The molecule has 0 fully saturated rings. The molecule has 0 bridgehead atoms. The third-order valence-corrected chi connectivity index (χ3v) is 8.99. The van der Waals surface area contributed by atoms with Gasteiger partial charge in [0.25, 0.3) is 0 Å². The van der Waals surface area contributed by atoms with Crippen molar-refractivity contribution >= 4 is 13.8 Å². The third-order valence-electron chi connectivity index (χ3n) is 8.00. The maximum absolute atomic E-state index is 12.5. The van der Waals surface area contributed by atoms with Crippen molar-refractivity contribution in [2.24, 2.45) is 5.73 Å². The van der Waals surface area contributed by atoms with Gasteiger partial charge in [0.05, 0.1) is 19.5 Å². The number of phosphoric ester groups is 1. The van der Waals surface area contributed by atoms with Gasteiger partial charge in [0.1, 0.15) is 6.61 Å². The van der Waals surface area contributed by atoms with Crippen LogP contribution in [0.15, 0.2) is 60.9 Å². The summed E-state index contributed by atoms with van der Waals surface area (Å²) in [5.74, 6) is -0.408. The summed E-state index contributed by atoms with van der Waals surface area (Å²) in [5.41, 5.74) is 5.35. The topological polar surface area (TPSA) is 117 Å². The average molecular weight is 724 g/mol. The van der Waals surface area contributed by atoms with Gasteiger partial charge >= 0.3 is 13.8 Å². The Hall–Kier alpha value is -1.96. The summed E-state index contributed by atoms with van der Waals surface area (Å²) in [5, 5.41) is 0. The largest absolute Gasteiger partial charge is 0.498 e. The molecule has 0 spiro atoms. The highest BCUT2D eigenvalue weighted by Crippen LogP contribution is 2.43. The fourth-order valence-electron chi connectivity index (χ4n) is 5.07. The lowest BCUT2D eigenvalue weighted by Gasteiger charge is -2.19. The number of unbranched alkanes of at least 4 members (excludes halogenated alkanes) is 16. The molecule has 0 aromatic heterocycles. The van der Waals surface area contributed by atoms with Crippen LogP contribution in [0.1, 0.15) is 162 Å². The van der Waals surface area contributed by atoms with Gasteiger partial charge in [0.15, 0.2) is 6.10 Å². The Labute approximate surface area is 306 Å². The van der Waals surface area contributed by atoms with Crippen molar-refractivity contribution in [3.05, 3.63) is 60.9 Å². The molecule has 0 aliphatic carbocycles. The molecule has 0 saturated heterocycles. The van der Waals surface area contributed by atoms with Crippen LogP contribution in [0.3, 0.4) is 0 Å². The van der Waals surface area contributed by atoms with Gasteiger partial charge in [-0.05, 0) is 63.9 Å². The number of hydrogen-bond donors (Lipinski definition) is 2. The van der Waals surface area contributed by atoms with Crippen LogP contribution in [0.5, 0.6) is 0 Å². The van der Waals surface area contributed by atoms with Crippen molar-refractivity contribution in [3.8, 4) is 0 Å². The summed E-state index contributed by atoms with van der Waals surface area (Å²) < 4.78 is 33.0. The van der Waals surface area contributed by atoms with Gasteiger partial charge < -0.3 is 20.1 Å². The van der Waals surface area contributed by atoms with E-state index in [0.717, 1.165) is 38.5 Å². The Balaban J connectivity index is 4.25. The highest BCUT2D eigenvalue weighted by molar-refractivity contribution is 7.47. The predicted octanol–water partition coefficient (Wildman–Crippen LogP) is 11.8. The highest BCUT2D eigenvalue weighted by Gasteiger charge is 2.25. The number of carbonyl (C=O) groups is 1. The van der Waals surface area contributed by atoms with Gasteiger partial charge in [-0.15, -0.1) is 0 Å². The zero-order valence-electron chi connectivity index (χ0n) is 31.9. The molecule has 290 valence electrons. The van der Waals surface area contributed by atoms with E-state index in [1.54, 1.807) is 6.26 Å². The smallest absolute Gasteiger partial charge is 0.472 e. The van der Waals surface area contributed by atoms with Crippen LogP contribution in [0, 0.1) is 0 Å². The highest BCUT2D eigenvalue weighted by atomic mass is 31.2. The van der Waals surface area contributed by atoms with Gasteiger partial charge in [0, 0.05) is 13.0 Å². The monoisotopic (exact) mass is 724 g/mol. The Morgan fingerprint density at radius 3 is 1.64 bits per heavy atom. The molecule has 0 aromatic carbocycles. The maximum atomic E-state index is 12.5. The Morgan fingerprint density at radius 1 is 0.620 bits per heavy atom. The molecule has 0 aromatic rings. The van der Waals surface area contributed by atoms with E-state index < -0.39 is 19.9 Å². The van der Waals surface area contributed by atoms with Crippen LogP contribution >= 0.6 is 7.82 Å². The molecule has 9 heteroatoms. The van der Waals surface area contributed by atoms with Crippen LogP contribution in [0.2, 0.25) is 0 Å². The van der Waals surface area contributed by atoms with Crippen LogP contribution in [0.4, 0.5) is 0 Å². The first-order valence-corrected chi connectivity index (χ1v) is 21.3. The van der Waals surface area contributed by atoms with Gasteiger partial charge in [-0.1, -0.05) is 146 Å². The molecule has 1 unspecified atom stereocenters. The average Bonchev–Trinajstić information content (AvgIpc) is 3.10. The Bertz CT molecular complexity index is 947. The first-order valence-electron chi connectivity index (χ1n) is 19.8. The molecule has 2 atom stereocenters. The molecule has 0 heterocycles. The van der Waals surface area contributed by atoms with Crippen molar-refractivity contribution in [1.82, 2.24) is 0 Å². The molecule has 0 amide bonds. The van der Waals surface area contributed by atoms with Crippen molar-refractivity contribution < 1.29 is 32.8 Å². The lowest BCUT2D eigenvalue weighted by Crippen LogP contribution is -2.27. The summed E-state index contributed by atoms with van der Waals surface area (Å²) in [6, 6.07) is 0. The van der Waals surface area contributed by atoms with Crippen molar-refractivity contribution in [3.63, 3.8) is 0 Å². The van der Waals surface area contributed by atoms with Crippen LogP contribution < -0.4 is 5.73 Å². The first kappa shape index (κ1) is 48.0. The number of allylic oxidation sites excluding steroid dienone is 9. The molecule has 0 rings (SSSR count). The van der Waals surface area contributed by atoms with E-state index in [1.165, 1.54) is 96.3 Å². The second kappa shape index (κ2) is 38.3. The molecule has 0 saturated carbocycles. The summed E-state index contributed by atoms with van der Waals surface area (Å²) >= 11 is 0. The SMILES string of the molecule is CCCCC/C=C/C/C=C/C/C=C/C/C=C/CCCC(=O)O[C@H](CO/C=C/CCCCCCCCCCCCCC)COP(=O)(O)OCCN. The molecule has 0 radical (unpaired) electrons. The van der Waals surface area contributed by atoms with Crippen LogP contribution in [-0.4, -0.2) is 43.3 Å². The molecule has 3 N–H and O–H groups in total. The predicted molar refractivity (Wildman–Crippen MR) is 210 cm³/mol. The minimum Gasteiger partial charge on any atom is -0.498 e. The quantitative estimate of drug-likeness (QED) is 0.0214. The number of carbonyl (C=O) groups excluding carboxylic acids is 1. The second-order valence-electron chi connectivity index (χ2n) is 12.9. The second-order valence-corrected chi connectivity index (χ2v) is 14.3. The van der Waals surface area contributed by atoms with Gasteiger partial charge in [-0.25, -0.2) is 4.57 Å². The van der Waals surface area contributed by atoms with E-state index in [0.29, 0.717) is 6.42 Å². The lowest BCUT2D eigenvalue weighted by molar-refractivity contribution is -0.153. The standard InChI is InChI=1S/C41H74NO7P/c1-3-5-7-9-11-13-15-17-19-20-21-22-24-26-28-30-32-34-41(43)49-40(39-48-50(44,45)47-37-35-42)38-46-36-33-31-29-27-25-23-18-16-14-12-10-8-6-4-2/h11,13,17,19,21-22,26,28,33,36,40H,3-10,12,14-16,18,20,23-25,27,29-32,34-35,37-39,42H2,1-2H3,(H,44,45)/b13-11+,19-17+,22-21+,28-26+,36-33+/t40-/m1/s1. The molecular weight excluding hydrogens is 649 g/mol. The Morgan fingerprint density at radius 2 is 1.08 bits per heavy atom. The summed E-state index contributed by atoms with van der Waals surface area (Å²) in [6.45, 7) is 4.13. The lowest BCUT2D eigenvalue weighted by atomic mass is 10.0. The van der Waals surface area contributed by atoms with Crippen LogP contribution in [0.25, 0.3) is 0 Å². The van der Waals surface area contributed by atoms with Crippen molar-refractivity contribution in [2.45, 2.75) is 168 Å². The van der Waals surface area contributed by atoms with E-state index in [-0.39, 0.29) is 32.8 Å². The van der Waals surface area contributed by atoms with Crippen molar-refractivity contribution in [1.29, 1.82) is 0 Å². The van der Waals surface area contributed by atoms with Gasteiger partial charge in [-0.3, -0.25) is 13.8 Å². The van der Waals surface area contributed by atoms with E-state index >= 15 is 0 Å². The number of phosphoric acid groups is 1. The molecule has 50 heavy (non-hydrogen) atoms. The van der Waals surface area contributed by atoms with E-state index in [1.807, 2.05) is 6.08 Å². The molecule has 0 aliphatic heterocycles. The fourth-order valence-corrected chi connectivity index (χ4v) is 5.84. The summed E-state index contributed by atoms with van der Waals surface area (Å²) in [4.78, 5) is 22.4. The number of ether oxygens (including phenoxy) is 2. The maximum Gasteiger partial charge on any atom is 0.472 e. The zero-order chi connectivity index (χ0) is 36.6. The minimum atomic E-state index is -4.30. The van der Waals surface area contributed by atoms with Crippen LogP contribution in [-0.2, 0) is 27.9 Å². The third kappa shape index (κ3) is 37.3. The minimum absolute atomic E-state index is 0.00868. The number of nitrogens with two attached hydrogens (primary N) is 1. The normalized spacial score (nSPS) is 14.2. The summed E-state index contributed by atoms with van der Waals surface area (Å²) in [6.07, 6.45) is 46.2. The van der Waals surface area contributed by atoms with E-state index in [2.05, 4.69) is 62.5 Å². The first-order chi connectivity index (χ1) is 24.4. The molecule has 0 aliphatic rings. The van der Waals surface area contributed by atoms with Gasteiger partial charge in [0.2, 0.25) is 0 Å². The Kier molecular flexibility index (Phi) is 36.8. The summed E-state index contributed by atoms with van der Waals surface area (Å²) in [7, 11) is -4.30. The number of rotatable bonds is 37. The van der Waals surface area contributed by atoms with E-state index in [4.69, 9.17) is 24.3 Å². The number of hydrogen-bond acceptors (Lipinski definition) is 7. The zero-order valence-corrected chi connectivity index (χ0v) is 32.8. The van der Waals surface area contributed by atoms with Crippen molar-refractivity contribution in [2.75, 3.05) is 26.4 Å². The van der Waals surface area contributed by atoms with Gasteiger partial charge in [-0.2, -0.15) is 0 Å². The van der Waals surface area contributed by atoms with E-state index in [9.17, 15) is 14.3 Å².